The Labute approximate surface area is 170 Å². The Morgan fingerprint density at radius 1 is 0.931 bits per heavy atom. The van der Waals surface area contributed by atoms with Gasteiger partial charge in [-0.15, -0.1) is 15.0 Å². The highest BCUT2D eigenvalue weighted by molar-refractivity contribution is 5.76. The standard InChI is InChI=1S/C24H25N3O2/c1-5-24(2,3)18-8-6-7-16(13-18)17-9-12-23(28)22(14-17)27-25-20-11-10-19(29-4)15-21(20)26-27/h6-15,28H,5H2,1-4H3. The van der Waals surface area contributed by atoms with Crippen molar-refractivity contribution in [2.45, 2.75) is 32.6 Å². The lowest BCUT2D eigenvalue weighted by Gasteiger charge is -2.24. The number of aromatic hydroxyl groups is 1. The third kappa shape index (κ3) is 3.56. The molecule has 0 radical (unpaired) electrons. The van der Waals surface area contributed by atoms with Crippen LogP contribution in [0.4, 0.5) is 0 Å². The Balaban J connectivity index is 1.78. The van der Waals surface area contributed by atoms with Crippen LogP contribution in [-0.4, -0.2) is 27.2 Å². The fourth-order valence-electron chi connectivity index (χ4n) is 3.32. The van der Waals surface area contributed by atoms with Crippen LogP contribution in [0.1, 0.15) is 32.8 Å². The number of phenols is 1. The summed E-state index contributed by atoms with van der Waals surface area (Å²) in [6.45, 7) is 6.71. The lowest BCUT2D eigenvalue weighted by molar-refractivity contribution is 0.415. The molecule has 3 aromatic carbocycles. The molecule has 148 valence electrons. The van der Waals surface area contributed by atoms with E-state index in [2.05, 4.69) is 55.2 Å². The molecule has 0 saturated heterocycles. The summed E-state index contributed by atoms with van der Waals surface area (Å²) in [7, 11) is 1.62. The average molecular weight is 387 g/mol. The van der Waals surface area contributed by atoms with Gasteiger partial charge in [-0.05, 0) is 52.8 Å². The fraction of sp³-hybridized carbons (Fsp3) is 0.250. The minimum Gasteiger partial charge on any atom is -0.506 e. The smallest absolute Gasteiger partial charge is 0.143 e. The van der Waals surface area contributed by atoms with Gasteiger partial charge in [-0.2, -0.15) is 0 Å². The first-order chi connectivity index (χ1) is 13.9. The van der Waals surface area contributed by atoms with E-state index in [1.807, 2.05) is 30.3 Å². The Hall–Kier alpha value is -3.34. The maximum atomic E-state index is 10.5. The molecule has 0 spiro atoms. The van der Waals surface area contributed by atoms with E-state index in [0.29, 0.717) is 11.2 Å². The number of benzene rings is 3. The number of rotatable bonds is 5. The van der Waals surface area contributed by atoms with Crippen LogP contribution >= 0.6 is 0 Å². The topological polar surface area (TPSA) is 60.2 Å². The summed E-state index contributed by atoms with van der Waals surface area (Å²) in [6, 6.07) is 19.6. The molecule has 0 aliphatic rings. The number of methoxy groups -OCH3 is 1. The van der Waals surface area contributed by atoms with Gasteiger partial charge in [0.1, 0.15) is 28.2 Å². The van der Waals surface area contributed by atoms with Crippen molar-refractivity contribution in [1.29, 1.82) is 0 Å². The lowest BCUT2D eigenvalue weighted by Crippen LogP contribution is -2.15. The Bertz CT molecular complexity index is 1180. The molecule has 29 heavy (non-hydrogen) atoms. The van der Waals surface area contributed by atoms with Gasteiger partial charge in [-0.1, -0.05) is 51.1 Å². The average Bonchev–Trinajstić information content (AvgIpc) is 3.17. The van der Waals surface area contributed by atoms with Crippen LogP contribution in [0.3, 0.4) is 0 Å². The van der Waals surface area contributed by atoms with Crippen LogP contribution in [0, 0.1) is 0 Å². The van der Waals surface area contributed by atoms with Gasteiger partial charge in [0.15, 0.2) is 0 Å². The minimum atomic E-state index is 0.107. The third-order valence-electron chi connectivity index (χ3n) is 5.64. The molecule has 1 N–H and O–H groups in total. The van der Waals surface area contributed by atoms with Gasteiger partial charge >= 0.3 is 0 Å². The highest BCUT2D eigenvalue weighted by Crippen LogP contribution is 2.33. The number of hydrogen-bond acceptors (Lipinski definition) is 4. The quantitative estimate of drug-likeness (QED) is 0.492. The second kappa shape index (κ2) is 7.24. The molecule has 1 heterocycles. The van der Waals surface area contributed by atoms with Crippen molar-refractivity contribution >= 4 is 11.0 Å². The summed E-state index contributed by atoms with van der Waals surface area (Å²) in [5, 5.41) is 19.5. The molecule has 0 aliphatic carbocycles. The van der Waals surface area contributed by atoms with Crippen LogP contribution < -0.4 is 4.74 Å². The molecule has 0 fully saturated rings. The van der Waals surface area contributed by atoms with Gasteiger partial charge < -0.3 is 9.84 Å². The van der Waals surface area contributed by atoms with E-state index in [4.69, 9.17) is 4.74 Å². The van der Waals surface area contributed by atoms with E-state index in [0.717, 1.165) is 28.8 Å². The van der Waals surface area contributed by atoms with Crippen LogP contribution in [-0.2, 0) is 5.41 Å². The molecule has 0 amide bonds. The number of hydrogen-bond donors (Lipinski definition) is 1. The summed E-state index contributed by atoms with van der Waals surface area (Å²) < 4.78 is 5.26. The second-order valence-corrected chi connectivity index (χ2v) is 7.87. The molecule has 4 aromatic rings. The van der Waals surface area contributed by atoms with Gasteiger partial charge in [-0.25, -0.2) is 0 Å². The Kier molecular flexibility index (Phi) is 4.74. The molecule has 0 unspecified atom stereocenters. The van der Waals surface area contributed by atoms with E-state index >= 15 is 0 Å². The maximum absolute atomic E-state index is 10.5. The summed E-state index contributed by atoms with van der Waals surface area (Å²) >= 11 is 0. The van der Waals surface area contributed by atoms with Crippen molar-refractivity contribution in [3.05, 3.63) is 66.2 Å². The van der Waals surface area contributed by atoms with Crippen molar-refractivity contribution in [3.8, 4) is 28.3 Å². The molecule has 5 heteroatoms. The monoisotopic (exact) mass is 387 g/mol. The minimum absolute atomic E-state index is 0.107. The molecule has 0 saturated carbocycles. The molecule has 1 aromatic heterocycles. The van der Waals surface area contributed by atoms with E-state index in [1.165, 1.54) is 10.4 Å². The maximum Gasteiger partial charge on any atom is 0.143 e. The van der Waals surface area contributed by atoms with Crippen molar-refractivity contribution in [1.82, 2.24) is 15.0 Å². The van der Waals surface area contributed by atoms with Gasteiger partial charge in [0.2, 0.25) is 0 Å². The zero-order valence-electron chi connectivity index (χ0n) is 17.2. The highest BCUT2D eigenvalue weighted by atomic mass is 16.5. The first-order valence-corrected chi connectivity index (χ1v) is 9.76. The third-order valence-corrected chi connectivity index (χ3v) is 5.64. The van der Waals surface area contributed by atoms with Crippen molar-refractivity contribution in [2.75, 3.05) is 7.11 Å². The van der Waals surface area contributed by atoms with Gasteiger partial charge in [0, 0.05) is 6.07 Å². The van der Waals surface area contributed by atoms with Gasteiger partial charge in [0.05, 0.1) is 7.11 Å². The molecular weight excluding hydrogens is 362 g/mol. The number of nitrogens with zero attached hydrogens (tertiary/aromatic N) is 3. The van der Waals surface area contributed by atoms with Crippen LogP contribution in [0.25, 0.3) is 27.8 Å². The van der Waals surface area contributed by atoms with Gasteiger partial charge in [-0.3, -0.25) is 0 Å². The first-order valence-electron chi connectivity index (χ1n) is 9.76. The fourth-order valence-corrected chi connectivity index (χ4v) is 3.32. The number of phenolic OH excluding ortho intramolecular Hbond substituents is 1. The van der Waals surface area contributed by atoms with E-state index in [-0.39, 0.29) is 11.2 Å². The number of ether oxygens (including phenoxy) is 1. The lowest BCUT2D eigenvalue weighted by atomic mass is 9.81. The summed E-state index contributed by atoms with van der Waals surface area (Å²) in [6.07, 6.45) is 1.06. The molecule has 0 aliphatic heterocycles. The zero-order valence-corrected chi connectivity index (χ0v) is 17.2. The van der Waals surface area contributed by atoms with E-state index in [9.17, 15) is 5.11 Å². The number of fused-ring (bicyclic) bond motifs is 1. The van der Waals surface area contributed by atoms with E-state index < -0.39 is 0 Å². The van der Waals surface area contributed by atoms with Crippen molar-refractivity contribution in [3.63, 3.8) is 0 Å². The molecular formula is C24H25N3O2. The molecule has 5 nitrogen and oxygen atoms in total. The largest absolute Gasteiger partial charge is 0.506 e. The molecule has 4 rings (SSSR count). The molecule has 0 bridgehead atoms. The number of aromatic nitrogens is 3. The molecule has 0 atom stereocenters. The Morgan fingerprint density at radius 2 is 1.69 bits per heavy atom. The predicted octanol–water partition coefficient (Wildman–Crippen LogP) is 5.49. The first kappa shape index (κ1) is 19.0. The zero-order chi connectivity index (χ0) is 20.6. The van der Waals surface area contributed by atoms with Crippen LogP contribution in [0.2, 0.25) is 0 Å². The van der Waals surface area contributed by atoms with Crippen LogP contribution in [0.15, 0.2) is 60.7 Å². The SMILES string of the molecule is CCC(C)(C)c1cccc(-c2ccc(O)c(-n3nc4ccc(OC)cc4n3)c2)c1. The highest BCUT2D eigenvalue weighted by Gasteiger charge is 2.18. The van der Waals surface area contributed by atoms with Crippen LogP contribution in [0.5, 0.6) is 11.5 Å². The summed E-state index contributed by atoms with van der Waals surface area (Å²) in [5.41, 5.74) is 5.49. The second-order valence-electron chi connectivity index (χ2n) is 7.87. The normalized spacial score (nSPS) is 11.7. The van der Waals surface area contributed by atoms with Gasteiger partial charge in [0.25, 0.3) is 0 Å². The summed E-state index contributed by atoms with van der Waals surface area (Å²) in [4.78, 5) is 1.47. The van der Waals surface area contributed by atoms with Crippen molar-refractivity contribution in [2.24, 2.45) is 0 Å². The van der Waals surface area contributed by atoms with Crippen molar-refractivity contribution < 1.29 is 9.84 Å². The predicted molar refractivity (Wildman–Crippen MR) is 116 cm³/mol. The van der Waals surface area contributed by atoms with E-state index in [1.54, 1.807) is 13.2 Å². The Morgan fingerprint density at radius 3 is 2.45 bits per heavy atom. The summed E-state index contributed by atoms with van der Waals surface area (Å²) in [5.74, 6) is 0.851.